The van der Waals surface area contributed by atoms with E-state index in [0.29, 0.717) is 56.3 Å². The number of hydrogen-bond donors (Lipinski definition) is 7. The van der Waals surface area contributed by atoms with Crippen molar-refractivity contribution >= 4 is 87.6 Å². The number of carbonyl (C=O) groups excluding carboxylic acids is 11. The molecule has 504 valence electrons. The van der Waals surface area contributed by atoms with Gasteiger partial charge in [0.15, 0.2) is 0 Å². The highest BCUT2D eigenvalue weighted by Gasteiger charge is 2.44. The zero-order valence-electron chi connectivity index (χ0n) is 55.3. The topological polar surface area (TPSA) is 353 Å². The molecule has 3 heterocycles. The van der Waals surface area contributed by atoms with E-state index in [1.807, 2.05) is 38.1 Å². The van der Waals surface area contributed by atoms with Gasteiger partial charge in [0.1, 0.15) is 30.3 Å². The summed E-state index contributed by atoms with van der Waals surface area (Å²) in [5, 5.41) is 14.6. The lowest BCUT2D eigenvalue weighted by Crippen LogP contribution is -2.62. The summed E-state index contributed by atoms with van der Waals surface area (Å²) in [4.78, 5) is 157. The maximum Gasteiger partial charge on any atom is 0.408 e. The van der Waals surface area contributed by atoms with Crippen molar-refractivity contribution in [1.82, 2.24) is 41.0 Å². The second-order valence-electron chi connectivity index (χ2n) is 25.0. The summed E-state index contributed by atoms with van der Waals surface area (Å²) in [7, 11) is 4.65. The van der Waals surface area contributed by atoms with Gasteiger partial charge in [0, 0.05) is 82.4 Å². The number of unbranched alkanes of at least 4 members (excludes halogenated alkanes) is 2. The van der Waals surface area contributed by atoms with Gasteiger partial charge in [-0.05, 0) is 112 Å². The van der Waals surface area contributed by atoms with Crippen molar-refractivity contribution in [1.29, 1.82) is 0 Å². The van der Waals surface area contributed by atoms with Crippen molar-refractivity contribution in [2.45, 2.75) is 181 Å². The lowest BCUT2D eigenvalue weighted by molar-refractivity contribution is -0.147. The first-order valence-electron chi connectivity index (χ1n) is 31.7. The molecule has 92 heavy (non-hydrogen) atoms. The molecule has 26 heteroatoms. The Labute approximate surface area is 539 Å². The van der Waals surface area contributed by atoms with Gasteiger partial charge in [0.05, 0.1) is 42.1 Å². The van der Waals surface area contributed by atoms with E-state index in [9.17, 15) is 52.7 Å². The highest BCUT2D eigenvalue weighted by atomic mass is 16.5. The number of amides is 12. The predicted octanol–water partition coefficient (Wildman–Crippen LogP) is 5.20. The molecule has 0 spiro atoms. The van der Waals surface area contributed by atoms with Gasteiger partial charge in [-0.15, -0.1) is 0 Å². The molecule has 2 aliphatic heterocycles. The van der Waals surface area contributed by atoms with Crippen LogP contribution in [0.25, 0.3) is 10.9 Å². The number of ether oxygens (including phenoxy) is 3. The summed E-state index contributed by atoms with van der Waals surface area (Å²) in [6, 6.07) is 10.1. The molecule has 0 saturated carbocycles. The number of carbonyl (C=O) groups is 11. The summed E-state index contributed by atoms with van der Waals surface area (Å²) in [6.07, 6.45) is 5.18. The molecular formula is C66H96N12O14. The summed E-state index contributed by atoms with van der Waals surface area (Å²) in [5.41, 5.74) is 11.6. The van der Waals surface area contributed by atoms with Crippen LogP contribution in [0.2, 0.25) is 0 Å². The Balaban J connectivity index is 1.22. The molecule has 26 nitrogen and oxygen atoms in total. The molecule has 5 rings (SSSR count). The SMILES string of the molecule is CC[C@H](C)[C@@H]([C@@H](CC(=O)N1CCC[C@H]1[C@H](OC)[C@@H](C)C(=O)Nc1ccc2ncccc2c1)OC)N(C)C(=O)[C@@H](NC(=O)C(C)(C)NC(=O)OCc1ccc(N(C(=O)[C@@H](NC(=O)CCCCCN2C(=O)C=CC2=O)C(C)C)[C@@H](CCCNC(N)=O)C(N)=O)cc1)C(C)C. The Morgan fingerprint density at radius 3 is 2.09 bits per heavy atom. The normalized spacial score (nSPS) is 16.7. The Morgan fingerprint density at radius 1 is 0.815 bits per heavy atom. The van der Waals surface area contributed by atoms with Gasteiger partial charge in [-0.25, -0.2) is 9.59 Å². The van der Waals surface area contributed by atoms with Crippen LogP contribution in [0.1, 0.15) is 132 Å². The minimum Gasteiger partial charge on any atom is -0.445 e. The molecule has 3 aromatic rings. The third kappa shape index (κ3) is 20.2. The number of aromatic nitrogens is 1. The number of hydrogen-bond acceptors (Lipinski definition) is 15. The molecule has 12 amide bonds. The molecule has 1 fully saturated rings. The molecule has 0 aliphatic carbocycles. The highest BCUT2D eigenvalue weighted by Crippen LogP contribution is 2.31. The Morgan fingerprint density at radius 2 is 1.48 bits per heavy atom. The number of methoxy groups -OCH3 is 2. The monoisotopic (exact) mass is 1280 g/mol. The number of likely N-dealkylation sites (N-methyl/N-ethyl adjacent to an activating group) is 1. The smallest absolute Gasteiger partial charge is 0.408 e. The molecular weight excluding hydrogens is 1180 g/mol. The zero-order chi connectivity index (χ0) is 68.1. The Bertz CT molecular complexity index is 3100. The van der Waals surface area contributed by atoms with Crippen molar-refractivity contribution in [2.24, 2.45) is 35.1 Å². The average molecular weight is 1280 g/mol. The van der Waals surface area contributed by atoms with Crippen molar-refractivity contribution in [2.75, 3.05) is 51.1 Å². The second-order valence-corrected chi connectivity index (χ2v) is 25.0. The van der Waals surface area contributed by atoms with E-state index in [1.54, 1.807) is 71.0 Å². The fourth-order valence-electron chi connectivity index (χ4n) is 11.7. The summed E-state index contributed by atoms with van der Waals surface area (Å²) >= 11 is 0. The number of likely N-dealkylation sites (tertiary alicyclic amines) is 1. The first-order chi connectivity index (χ1) is 43.5. The third-order valence-corrected chi connectivity index (χ3v) is 17.2. The van der Waals surface area contributed by atoms with Crippen molar-refractivity contribution in [3.05, 3.63) is 78.5 Å². The van der Waals surface area contributed by atoms with E-state index in [0.717, 1.165) is 15.8 Å². The van der Waals surface area contributed by atoms with Crippen LogP contribution in [-0.4, -0.2) is 174 Å². The van der Waals surface area contributed by atoms with E-state index in [4.69, 9.17) is 25.7 Å². The second kappa shape index (κ2) is 34.8. The fourth-order valence-corrected chi connectivity index (χ4v) is 11.7. The number of imide groups is 1. The van der Waals surface area contributed by atoms with Crippen LogP contribution in [0.4, 0.5) is 21.0 Å². The maximum absolute atomic E-state index is 14.7. The quantitative estimate of drug-likeness (QED) is 0.0294. The van der Waals surface area contributed by atoms with E-state index >= 15 is 0 Å². The van der Waals surface area contributed by atoms with Crippen LogP contribution in [0, 0.1) is 23.7 Å². The molecule has 9 N–H and O–H groups in total. The van der Waals surface area contributed by atoms with Crippen LogP contribution < -0.4 is 43.0 Å². The lowest BCUT2D eigenvalue weighted by atomic mass is 9.89. The number of nitrogens with two attached hydrogens (primary N) is 2. The summed E-state index contributed by atoms with van der Waals surface area (Å²) < 4.78 is 17.6. The van der Waals surface area contributed by atoms with Crippen LogP contribution in [0.5, 0.6) is 0 Å². The molecule has 2 aliphatic rings. The minimum absolute atomic E-state index is 0.00154. The number of nitrogens with one attached hydrogen (secondary N) is 5. The highest BCUT2D eigenvalue weighted by molar-refractivity contribution is 6.13. The van der Waals surface area contributed by atoms with Crippen molar-refractivity contribution in [3.8, 4) is 0 Å². The van der Waals surface area contributed by atoms with Gasteiger partial charge in [-0.2, -0.15) is 0 Å². The van der Waals surface area contributed by atoms with Gasteiger partial charge < -0.3 is 62.1 Å². The Hall–Kier alpha value is -8.52. The number of benzene rings is 2. The fraction of sp³-hybridized carbons (Fsp3) is 0.576. The standard InChI is InChI=1S/C66H96N12O14/c1-13-41(6)57(50(90-11)37-54(82)76-35-19-22-48(76)58(91-12)42(7)60(84)71-45-26-29-47-44(36-45)20-17-32-69-47)75(10)61(85)55(39(2)3)73-63(87)66(8,9)74-65(89)92-38-43-24-27-46(28-25-43)78(49(59(67)83)21-18-33-70-64(68)88)62(86)56(40(4)5)72-51(79)23-15-14-16-34-77-52(80)30-31-53(77)81/h17,20,24-32,36,39-42,48-50,55-58H,13-16,18-19,21-23,33-35,37-38H2,1-12H3,(H2,67,83)(H,71,84)(H,72,79)(H,73,87)(H,74,89)(H3,68,70,88)/t41-,42+,48-,49-,50+,55-,56-,57-,58+/m0/s1. The van der Waals surface area contributed by atoms with Gasteiger partial charge in [-0.1, -0.05) is 79.5 Å². The molecule has 9 atom stereocenters. The van der Waals surface area contributed by atoms with E-state index in [-0.39, 0.29) is 68.8 Å². The lowest BCUT2D eigenvalue weighted by Gasteiger charge is -2.41. The number of fused-ring (bicyclic) bond motifs is 1. The van der Waals surface area contributed by atoms with Crippen LogP contribution in [0.15, 0.2) is 72.9 Å². The van der Waals surface area contributed by atoms with E-state index < -0.39 is 119 Å². The third-order valence-electron chi connectivity index (χ3n) is 17.2. The molecule has 0 radical (unpaired) electrons. The molecule has 1 aromatic heterocycles. The van der Waals surface area contributed by atoms with Crippen molar-refractivity contribution < 1.29 is 67.0 Å². The van der Waals surface area contributed by atoms with Crippen LogP contribution in [0.3, 0.4) is 0 Å². The van der Waals surface area contributed by atoms with Crippen molar-refractivity contribution in [3.63, 3.8) is 0 Å². The molecule has 0 bridgehead atoms. The summed E-state index contributed by atoms with van der Waals surface area (Å²) in [6.45, 7) is 16.0. The average Bonchev–Trinajstić information content (AvgIpc) is 1.06. The summed E-state index contributed by atoms with van der Waals surface area (Å²) in [5.74, 6) is -6.09. The number of urea groups is 1. The van der Waals surface area contributed by atoms with Crippen LogP contribution >= 0.6 is 0 Å². The zero-order valence-corrected chi connectivity index (χ0v) is 55.3. The number of nitrogens with zero attached hydrogens (tertiary/aromatic N) is 5. The molecule has 0 unspecified atom stereocenters. The number of pyridine rings is 1. The minimum atomic E-state index is -1.63. The van der Waals surface area contributed by atoms with E-state index in [2.05, 4.69) is 31.6 Å². The van der Waals surface area contributed by atoms with Gasteiger partial charge in [0.25, 0.3) is 17.7 Å². The maximum atomic E-state index is 14.7. The number of alkyl carbamates (subject to hydrolysis) is 1. The number of primary amides is 2. The molecule has 2 aromatic carbocycles. The number of rotatable bonds is 35. The first kappa shape index (κ1) is 74.2. The predicted molar refractivity (Wildman–Crippen MR) is 345 cm³/mol. The van der Waals surface area contributed by atoms with E-state index in [1.165, 1.54) is 62.2 Å². The largest absolute Gasteiger partial charge is 0.445 e. The van der Waals surface area contributed by atoms with Gasteiger partial charge in [0.2, 0.25) is 35.4 Å². The number of anilines is 2. The molecule has 1 saturated heterocycles. The Kier molecular flexibility index (Phi) is 28.1. The van der Waals surface area contributed by atoms with Gasteiger partial charge in [-0.3, -0.25) is 57.9 Å². The first-order valence-corrected chi connectivity index (χ1v) is 31.7. The van der Waals surface area contributed by atoms with Crippen LogP contribution in [-0.2, 0) is 64.0 Å². The van der Waals surface area contributed by atoms with Gasteiger partial charge >= 0.3 is 12.1 Å².